The molecule has 1 amide bonds. The minimum absolute atomic E-state index is 0.0983. The average molecular weight is 348 g/mol. The van der Waals surface area contributed by atoms with Crippen LogP contribution in [0.15, 0.2) is 71.8 Å². The van der Waals surface area contributed by atoms with Crippen LogP contribution in [0.4, 0.5) is 0 Å². The van der Waals surface area contributed by atoms with E-state index in [1.54, 1.807) is 6.21 Å². The minimum Gasteiger partial charge on any atom is -0.494 e. The third-order valence-electron chi connectivity index (χ3n) is 3.68. The number of nitrogens with one attached hydrogen (secondary N) is 1. The zero-order valence-electron chi connectivity index (χ0n) is 14.5. The molecular formula is C21H20N2O3. The molecular weight excluding hydrogens is 328 g/mol. The SMILES string of the molecule is CCOc1ccc(/C=N/NC(=O)COc2ccc3ccccc3c2)cc1. The van der Waals surface area contributed by atoms with Gasteiger partial charge < -0.3 is 9.47 Å². The Labute approximate surface area is 152 Å². The second kappa shape index (κ2) is 8.67. The Kier molecular flexibility index (Phi) is 5.83. The molecule has 3 aromatic carbocycles. The number of nitrogens with zero attached hydrogens (tertiary/aromatic N) is 1. The first-order valence-electron chi connectivity index (χ1n) is 8.41. The molecule has 0 fully saturated rings. The van der Waals surface area contributed by atoms with Gasteiger partial charge in [-0.15, -0.1) is 0 Å². The smallest absolute Gasteiger partial charge is 0.277 e. The maximum absolute atomic E-state index is 11.8. The molecule has 132 valence electrons. The van der Waals surface area contributed by atoms with Crippen LogP contribution in [0.2, 0.25) is 0 Å². The lowest BCUT2D eigenvalue weighted by molar-refractivity contribution is -0.123. The second-order valence-electron chi connectivity index (χ2n) is 5.59. The van der Waals surface area contributed by atoms with Crippen molar-refractivity contribution < 1.29 is 14.3 Å². The van der Waals surface area contributed by atoms with Crippen LogP contribution in [-0.4, -0.2) is 25.3 Å². The fraction of sp³-hybridized carbons (Fsp3) is 0.143. The van der Waals surface area contributed by atoms with E-state index in [0.717, 1.165) is 22.1 Å². The number of ether oxygens (including phenoxy) is 2. The predicted molar refractivity (Wildman–Crippen MR) is 103 cm³/mol. The van der Waals surface area contributed by atoms with Crippen molar-refractivity contribution in [2.75, 3.05) is 13.2 Å². The van der Waals surface area contributed by atoms with Crippen LogP contribution in [0, 0.1) is 0 Å². The van der Waals surface area contributed by atoms with E-state index in [1.165, 1.54) is 0 Å². The highest BCUT2D eigenvalue weighted by molar-refractivity contribution is 5.84. The molecule has 0 aromatic heterocycles. The van der Waals surface area contributed by atoms with E-state index in [9.17, 15) is 4.79 Å². The first-order valence-corrected chi connectivity index (χ1v) is 8.41. The Morgan fingerprint density at radius 3 is 2.46 bits per heavy atom. The number of carbonyl (C=O) groups is 1. The maximum atomic E-state index is 11.8. The van der Waals surface area contributed by atoms with Crippen LogP contribution in [0.5, 0.6) is 11.5 Å². The number of fused-ring (bicyclic) bond motifs is 1. The molecule has 0 aliphatic heterocycles. The predicted octanol–water partition coefficient (Wildman–Crippen LogP) is 3.77. The van der Waals surface area contributed by atoms with E-state index in [4.69, 9.17) is 9.47 Å². The number of hydrogen-bond acceptors (Lipinski definition) is 4. The van der Waals surface area contributed by atoms with Crippen molar-refractivity contribution >= 4 is 22.9 Å². The molecule has 0 saturated carbocycles. The van der Waals surface area contributed by atoms with Crippen LogP contribution >= 0.6 is 0 Å². The van der Waals surface area contributed by atoms with E-state index in [-0.39, 0.29) is 12.5 Å². The number of rotatable bonds is 7. The molecule has 5 heteroatoms. The van der Waals surface area contributed by atoms with E-state index >= 15 is 0 Å². The molecule has 0 saturated heterocycles. The van der Waals surface area contributed by atoms with Crippen molar-refractivity contribution in [2.45, 2.75) is 6.92 Å². The first-order chi connectivity index (χ1) is 12.7. The number of carbonyl (C=O) groups excluding carboxylic acids is 1. The van der Waals surface area contributed by atoms with Crippen molar-refractivity contribution in [3.63, 3.8) is 0 Å². The maximum Gasteiger partial charge on any atom is 0.277 e. The van der Waals surface area contributed by atoms with Gasteiger partial charge in [0.15, 0.2) is 6.61 Å². The van der Waals surface area contributed by atoms with Gasteiger partial charge in [-0.3, -0.25) is 4.79 Å². The molecule has 3 rings (SSSR count). The fourth-order valence-electron chi connectivity index (χ4n) is 2.43. The number of benzene rings is 3. The Bertz CT molecular complexity index is 905. The monoisotopic (exact) mass is 348 g/mol. The highest BCUT2D eigenvalue weighted by atomic mass is 16.5. The van der Waals surface area contributed by atoms with Crippen LogP contribution in [0.3, 0.4) is 0 Å². The normalized spacial score (nSPS) is 10.8. The lowest BCUT2D eigenvalue weighted by Gasteiger charge is -2.06. The Balaban J connectivity index is 1.48. The highest BCUT2D eigenvalue weighted by Crippen LogP contribution is 2.20. The second-order valence-corrected chi connectivity index (χ2v) is 5.59. The van der Waals surface area contributed by atoms with Crippen LogP contribution in [-0.2, 0) is 4.79 Å². The third kappa shape index (κ3) is 4.83. The van der Waals surface area contributed by atoms with Crippen molar-refractivity contribution in [1.29, 1.82) is 0 Å². The van der Waals surface area contributed by atoms with Gasteiger partial charge in [0.2, 0.25) is 0 Å². The minimum atomic E-state index is -0.319. The summed E-state index contributed by atoms with van der Waals surface area (Å²) >= 11 is 0. The molecule has 3 aromatic rings. The zero-order valence-corrected chi connectivity index (χ0v) is 14.5. The summed E-state index contributed by atoms with van der Waals surface area (Å²) in [6, 6.07) is 21.2. The lowest BCUT2D eigenvalue weighted by Crippen LogP contribution is -2.24. The Hall–Kier alpha value is -3.34. The van der Waals surface area contributed by atoms with E-state index in [2.05, 4.69) is 10.5 Å². The van der Waals surface area contributed by atoms with Gasteiger partial charge in [-0.2, -0.15) is 5.10 Å². The van der Waals surface area contributed by atoms with Gasteiger partial charge in [-0.25, -0.2) is 5.43 Å². The molecule has 0 bridgehead atoms. The summed E-state index contributed by atoms with van der Waals surface area (Å²) in [7, 11) is 0. The number of amides is 1. The summed E-state index contributed by atoms with van der Waals surface area (Å²) < 4.78 is 10.9. The highest BCUT2D eigenvalue weighted by Gasteiger charge is 2.02. The third-order valence-corrected chi connectivity index (χ3v) is 3.68. The van der Waals surface area contributed by atoms with Gasteiger partial charge in [0.05, 0.1) is 12.8 Å². The van der Waals surface area contributed by atoms with Gasteiger partial charge >= 0.3 is 0 Å². The van der Waals surface area contributed by atoms with Crippen molar-refractivity contribution in [2.24, 2.45) is 5.10 Å². The van der Waals surface area contributed by atoms with Crippen LogP contribution in [0.25, 0.3) is 10.8 Å². The van der Waals surface area contributed by atoms with Crippen molar-refractivity contribution in [1.82, 2.24) is 5.43 Å². The standard InChI is InChI=1S/C21H20N2O3/c1-2-25-19-10-7-16(8-11-19)14-22-23-21(24)15-26-20-12-9-17-5-3-4-6-18(17)13-20/h3-14H,2,15H2,1H3,(H,23,24)/b22-14+. The lowest BCUT2D eigenvalue weighted by atomic mass is 10.1. The number of hydrogen-bond donors (Lipinski definition) is 1. The van der Waals surface area contributed by atoms with Crippen LogP contribution < -0.4 is 14.9 Å². The van der Waals surface area contributed by atoms with Crippen LogP contribution in [0.1, 0.15) is 12.5 Å². The molecule has 0 radical (unpaired) electrons. The molecule has 5 nitrogen and oxygen atoms in total. The Morgan fingerprint density at radius 1 is 0.962 bits per heavy atom. The molecule has 0 aliphatic rings. The first kappa shape index (κ1) is 17.5. The van der Waals surface area contributed by atoms with E-state index in [0.29, 0.717) is 12.4 Å². The van der Waals surface area contributed by atoms with Gasteiger partial charge in [-0.1, -0.05) is 30.3 Å². The summed E-state index contributed by atoms with van der Waals surface area (Å²) in [5.41, 5.74) is 3.32. The quantitative estimate of drug-likeness (QED) is 0.522. The largest absolute Gasteiger partial charge is 0.494 e. The molecule has 1 N–H and O–H groups in total. The summed E-state index contributed by atoms with van der Waals surface area (Å²) in [6.07, 6.45) is 1.57. The topological polar surface area (TPSA) is 59.9 Å². The summed E-state index contributed by atoms with van der Waals surface area (Å²) in [5.74, 6) is 1.13. The fourth-order valence-corrected chi connectivity index (χ4v) is 2.43. The zero-order chi connectivity index (χ0) is 18.2. The molecule has 0 heterocycles. The average Bonchev–Trinajstić information content (AvgIpc) is 2.68. The Morgan fingerprint density at radius 2 is 1.69 bits per heavy atom. The summed E-state index contributed by atoms with van der Waals surface area (Å²) in [6.45, 7) is 2.46. The molecule has 26 heavy (non-hydrogen) atoms. The van der Waals surface area contributed by atoms with Gasteiger partial charge in [0.25, 0.3) is 5.91 Å². The molecule has 0 spiro atoms. The summed E-state index contributed by atoms with van der Waals surface area (Å²) in [5, 5.41) is 6.13. The van der Waals surface area contributed by atoms with Gasteiger partial charge in [-0.05, 0) is 59.7 Å². The van der Waals surface area contributed by atoms with Gasteiger partial charge in [0.1, 0.15) is 11.5 Å². The van der Waals surface area contributed by atoms with Crippen molar-refractivity contribution in [3.05, 3.63) is 72.3 Å². The van der Waals surface area contributed by atoms with E-state index in [1.807, 2.05) is 73.7 Å². The summed E-state index contributed by atoms with van der Waals surface area (Å²) in [4.78, 5) is 11.8. The molecule has 0 atom stereocenters. The van der Waals surface area contributed by atoms with Crippen molar-refractivity contribution in [3.8, 4) is 11.5 Å². The van der Waals surface area contributed by atoms with E-state index < -0.39 is 0 Å². The molecule has 0 unspecified atom stereocenters. The van der Waals surface area contributed by atoms with Gasteiger partial charge in [0, 0.05) is 0 Å². The number of hydrazone groups is 1. The molecule has 0 aliphatic carbocycles.